The van der Waals surface area contributed by atoms with E-state index in [1.54, 1.807) is 14.1 Å². The lowest BCUT2D eigenvalue weighted by Gasteiger charge is -2.00. The third-order valence-corrected chi connectivity index (χ3v) is 4.23. The molecule has 0 saturated carbocycles. The second-order valence-electron chi connectivity index (χ2n) is 6.19. The fraction of sp³-hybridized carbons (Fsp3) is 0.375. The highest BCUT2D eigenvalue weighted by atomic mass is 16.2. The highest BCUT2D eigenvalue weighted by molar-refractivity contribution is 5.69. The summed E-state index contributed by atoms with van der Waals surface area (Å²) in [5.74, 6) is 0. The molecule has 0 amide bonds. The average Bonchev–Trinajstić information content (AvgIpc) is 3.44. The van der Waals surface area contributed by atoms with Gasteiger partial charge in [-0.3, -0.25) is 27.9 Å². The molecule has 16 nitrogen and oxygen atoms in total. The van der Waals surface area contributed by atoms with Crippen molar-refractivity contribution in [2.75, 3.05) is 13.1 Å². The summed E-state index contributed by atoms with van der Waals surface area (Å²) in [4.78, 5) is 58.8. The minimum atomic E-state index is -0.371. The predicted octanol–water partition coefficient (Wildman–Crippen LogP) is -4.82. The fourth-order valence-electron chi connectivity index (χ4n) is 2.54. The number of hydrogen-bond acceptors (Lipinski definition) is 8. The first kappa shape index (κ1) is 28.1. The van der Waals surface area contributed by atoms with Gasteiger partial charge in [0.2, 0.25) is 0 Å². The molecule has 0 aliphatic heterocycles. The van der Waals surface area contributed by atoms with Gasteiger partial charge in [-0.25, -0.2) is 19.6 Å². The van der Waals surface area contributed by atoms with Crippen LogP contribution < -0.4 is 34.0 Å². The van der Waals surface area contributed by atoms with Crippen molar-refractivity contribution in [1.29, 1.82) is 0 Å². The van der Waals surface area contributed by atoms with Gasteiger partial charge in [-0.15, -0.1) is 0 Å². The van der Waals surface area contributed by atoms with Crippen LogP contribution in [0.25, 0.3) is 22.3 Å². The molecule has 0 radical (unpaired) electrons. The monoisotopic (exact) mass is 456 g/mol. The molecule has 4 rings (SSSR count). The Hall–Kier alpha value is -3.86. The van der Waals surface area contributed by atoms with E-state index in [9.17, 15) is 19.2 Å². The summed E-state index contributed by atoms with van der Waals surface area (Å²) in [6.45, 7) is 1.19. The normalized spacial score (nSPS) is 9.81. The molecule has 0 aliphatic carbocycles. The summed E-state index contributed by atoms with van der Waals surface area (Å²) in [6, 6.07) is 0. The number of imidazole rings is 2. The van der Waals surface area contributed by atoms with E-state index in [1.165, 1.54) is 35.9 Å². The van der Waals surface area contributed by atoms with Gasteiger partial charge in [0.1, 0.15) is 11.0 Å². The van der Waals surface area contributed by atoms with Crippen LogP contribution in [-0.2, 0) is 28.2 Å². The van der Waals surface area contributed by atoms with E-state index in [0.717, 1.165) is 9.13 Å². The van der Waals surface area contributed by atoms with Gasteiger partial charge in [0.05, 0.1) is 12.7 Å². The first-order valence-corrected chi connectivity index (χ1v) is 8.75. The van der Waals surface area contributed by atoms with Crippen LogP contribution in [0.5, 0.6) is 0 Å². The Kier molecular flexibility index (Phi) is 10.1. The summed E-state index contributed by atoms with van der Waals surface area (Å²) in [6.07, 6.45) is 2.79. The molecule has 0 spiro atoms. The molecule has 0 unspecified atom stereocenters. The Morgan fingerprint density at radius 3 is 1.28 bits per heavy atom. The van der Waals surface area contributed by atoms with E-state index in [2.05, 4.69) is 19.9 Å². The summed E-state index contributed by atoms with van der Waals surface area (Å²) < 4.78 is 4.74. The standard InChI is InChI=1S/2C7H8N4O2.C2H8N2.2H2O/c2*1-10-5-4(8-3-9-5)6(12)11(2)7(10)13;3-1-2-4;;/h2*3H,1-2H3,(H,8,9);1-4H2;2*1H2. The third kappa shape index (κ3) is 5.06. The number of fused-ring (bicyclic) bond motifs is 2. The second-order valence-corrected chi connectivity index (χ2v) is 6.19. The van der Waals surface area contributed by atoms with Gasteiger partial charge in [-0.05, 0) is 0 Å². The lowest BCUT2D eigenvalue weighted by molar-refractivity contribution is 0.709. The topological polar surface area (TPSA) is 260 Å². The summed E-state index contributed by atoms with van der Waals surface area (Å²) in [5, 5.41) is 0. The molecule has 0 aromatic carbocycles. The summed E-state index contributed by atoms with van der Waals surface area (Å²) in [7, 11) is 6.02. The lowest BCUT2D eigenvalue weighted by Crippen LogP contribution is -2.36. The molecule has 4 aromatic heterocycles. The zero-order valence-electron chi connectivity index (χ0n) is 18.0. The van der Waals surface area contributed by atoms with E-state index in [4.69, 9.17) is 11.5 Å². The Balaban J connectivity index is 0.000000490. The second kappa shape index (κ2) is 11.5. The summed E-state index contributed by atoms with van der Waals surface area (Å²) >= 11 is 0. The first-order valence-electron chi connectivity index (χ1n) is 8.75. The van der Waals surface area contributed by atoms with Crippen molar-refractivity contribution in [2.24, 2.45) is 39.7 Å². The van der Waals surface area contributed by atoms with Crippen molar-refractivity contribution in [2.45, 2.75) is 0 Å². The Morgan fingerprint density at radius 2 is 1.00 bits per heavy atom. The van der Waals surface area contributed by atoms with Gasteiger partial charge < -0.3 is 32.4 Å². The molecule has 0 atom stereocenters. The Labute approximate surface area is 179 Å². The maximum Gasteiger partial charge on any atom is 0.332 e. The lowest BCUT2D eigenvalue weighted by atomic mass is 10.5. The van der Waals surface area contributed by atoms with Crippen LogP contribution in [0.2, 0.25) is 0 Å². The van der Waals surface area contributed by atoms with Crippen molar-refractivity contribution in [3.63, 3.8) is 0 Å². The van der Waals surface area contributed by atoms with Crippen molar-refractivity contribution < 1.29 is 11.0 Å². The van der Waals surface area contributed by atoms with Crippen LogP contribution in [0.15, 0.2) is 31.8 Å². The smallest absolute Gasteiger partial charge is 0.332 e. The number of nitrogens with zero attached hydrogens (tertiary/aromatic N) is 6. The number of H-pyrrole nitrogens is 2. The van der Waals surface area contributed by atoms with Crippen LogP contribution >= 0.6 is 0 Å². The fourth-order valence-corrected chi connectivity index (χ4v) is 2.54. The van der Waals surface area contributed by atoms with E-state index in [0.29, 0.717) is 35.4 Å². The summed E-state index contributed by atoms with van der Waals surface area (Å²) in [5.41, 5.74) is 9.83. The number of hydrogen-bond donors (Lipinski definition) is 4. The van der Waals surface area contributed by atoms with Gasteiger partial charge in [-0.2, -0.15) is 0 Å². The number of rotatable bonds is 1. The van der Waals surface area contributed by atoms with E-state index in [-0.39, 0.29) is 33.5 Å². The van der Waals surface area contributed by atoms with Crippen LogP contribution in [-0.4, -0.2) is 62.2 Å². The molecule has 4 aromatic rings. The van der Waals surface area contributed by atoms with Crippen LogP contribution in [0.4, 0.5) is 0 Å². The zero-order chi connectivity index (χ0) is 22.6. The van der Waals surface area contributed by atoms with Crippen LogP contribution in [0, 0.1) is 0 Å². The molecule has 0 bridgehead atoms. The van der Waals surface area contributed by atoms with Gasteiger partial charge in [0, 0.05) is 41.3 Å². The van der Waals surface area contributed by atoms with Gasteiger partial charge in [0.25, 0.3) is 11.1 Å². The third-order valence-electron chi connectivity index (χ3n) is 4.23. The first-order chi connectivity index (χ1) is 14.2. The van der Waals surface area contributed by atoms with Crippen LogP contribution in [0.1, 0.15) is 0 Å². The number of nitrogens with two attached hydrogens (primary N) is 2. The van der Waals surface area contributed by atoms with E-state index < -0.39 is 0 Å². The highest BCUT2D eigenvalue weighted by Crippen LogP contribution is 1.98. The van der Waals surface area contributed by atoms with Gasteiger partial charge in [-0.1, -0.05) is 0 Å². The molecule has 178 valence electrons. The molecule has 0 fully saturated rings. The number of nitrogens with one attached hydrogen (secondary N) is 2. The van der Waals surface area contributed by atoms with Crippen LogP contribution in [0.3, 0.4) is 0 Å². The molecule has 0 aliphatic rings. The van der Waals surface area contributed by atoms with Crippen molar-refractivity contribution in [3.8, 4) is 0 Å². The number of aromatic nitrogens is 8. The van der Waals surface area contributed by atoms with E-state index >= 15 is 0 Å². The minimum Gasteiger partial charge on any atom is -0.412 e. The maximum atomic E-state index is 11.4. The molecule has 0 saturated heterocycles. The SMILES string of the molecule is Cn1c(=O)c2[nH]cnc2n(C)c1=O.Cn1c(=O)c2[nH]cnc2n(C)c1=O.NCCN.O.O. The molecule has 32 heavy (non-hydrogen) atoms. The van der Waals surface area contributed by atoms with Gasteiger partial charge in [0.15, 0.2) is 11.3 Å². The van der Waals surface area contributed by atoms with Crippen molar-refractivity contribution in [3.05, 3.63) is 54.3 Å². The molecule has 10 N–H and O–H groups in total. The maximum absolute atomic E-state index is 11.4. The van der Waals surface area contributed by atoms with Crippen molar-refractivity contribution in [1.82, 2.24) is 38.2 Å². The number of aryl methyl sites for hydroxylation is 2. The number of aromatic amines is 2. The largest absolute Gasteiger partial charge is 0.412 e. The zero-order valence-corrected chi connectivity index (χ0v) is 18.0. The predicted molar refractivity (Wildman–Crippen MR) is 118 cm³/mol. The minimum absolute atomic E-state index is 0. The molecular formula is C16H28N10O6. The van der Waals surface area contributed by atoms with Gasteiger partial charge >= 0.3 is 11.4 Å². The highest BCUT2D eigenvalue weighted by Gasteiger charge is 2.09. The molecule has 16 heteroatoms. The van der Waals surface area contributed by atoms with E-state index in [1.807, 2.05) is 0 Å². The van der Waals surface area contributed by atoms with Crippen molar-refractivity contribution >= 4 is 22.3 Å². The average molecular weight is 456 g/mol. The quantitative estimate of drug-likeness (QED) is 0.215. The Morgan fingerprint density at radius 1 is 0.688 bits per heavy atom. The molecular weight excluding hydrogens is 428 g/mol. The Bertz CT molecular complexity index is 1300. The molecule has 4 heterocycles.